The van der Waals surface area contributed by atoms with Gasteiger partial charge in [-0.05, 0) is 31.9 Å². The van der Waals surface area contributed by atoms with Crippen molar-refractivity contribution < 1.29 is 9.90 Å². The van der Waals surface area contributed by atoms with Gasteiger partial charge in [-0.25, -0.2) is 0 Å². The van der Waals surface area contributed by atoms with E-state index in [1.54, 1.807) is 23.1 Å². The molecule has 2 rings (SSSR count). The van der Waals surface area contributed by atoms with Crippen molar-refractivity contribution in [3.8, 4) is 5.75 Å². The predicted molar refractivity (Wildman–Crippen MR) is 67.2 cm³/mol. The minimum absolute atomic E-state index is 0.0463. The highest BCUT2D eigenvalue weighted by molar-refractivity contribution is 5.94. The van der Waals surface area contributed by atoms with E-state index in [1.807, 2.05) is 13.0 Å². The second-order valence-electron chi connectivity index (χ2n) is 4.31. The van der Waals surface area contributed by atoms with Crippen molar-refractivity contribution in [2.45, 2.75) is 25.8 Å². The number of phenols is 1. The fraction of sp³-hybridized carbons (Fsp3) is 0.462. The largest absolute Gasteiger partial charge is 0.508 e. The van der Waals surface area contributed by atoms with Crippen LogP contribution in [-0.4, -0.2) is 30.1 Å². The number of phenolic OH excluding ortho intramolecular Hbond substituents is 1. The Kier molecular flexibility index (Phi) is 3.64. The molecule has 1 saturated carbocycles. The number of rotatable bonds is 5. The summed E-state index contributed by atoms with van der Waals surface area (Å²) in [6.45, 7) is 2.90. The molecule has 0 spiro atoms. The summed E-state index contributed by atoms with van der Waals surface area (Å²) in [5.74, 6) is 0.230. The topological polar surface area (TPSA) is 52.6 Å². The van der Waals surface area contributed by atoms with Gasteiger partial charge in [-0.1, -0.05) is 6.07 Å². The smallest absolute Gasteiger partial charge is 0.240 e. The number of benzene rings is 1. The summed E-state index contributed by atoms with van der Waals surface area (Å²) in [4.78, 5) is 13.7. The number of hydrogen-bond acceptors (Lipinski definition) is 3. The number of likely N-dealkylation sites (N-methyl/N-ethyl adjacent to an activating group) is 1. The lowest BCUT2D eigenvalue weighted by Gasteiger charge is -2.21. The molecule has 1 amide bonds. The van der Waals surface area contributed by atoms with Crippen LogP contribution in [0, 0.1) is 0 Å². The molecule has 0 aromatic heterocycles. The van der Waals surface area contributed by atoms with Gasteiger partial charge in [0, 0.05) is 24.3 Å². The zero-order valence-corrected chi connectivity index (χ0v) is 10.0. The quantitative estimate of drug-likeness (QED) is 0.811. The molecule has 2 N–H and O–H groups in total. The predicted octanol–water partition coefficient (Wildman–Crippen LogP) is 1.50. The molecule has 0 saturated heterocycles. The van der Waals surface area contributed by atoms with Gasteiger partial charge in [0.05, 0.1) is 6.54 Å². The number of aromatic hydroxyl groups is 1. The molecular weight excluding hydrogens is 216 g/mol. The molecule has 1 fully saturated rings. The van der Waals surface area contributed by atoms with Gasteiger partial charge in [-0.3, -0.25) is 4.79 Å². The first-order valence-corrected chi connectivity index (χ1v) is 6.03. The molecule has 4 heteroatoms. The number of nitrogens with one attached hydrogen (secondary N) is 1. The van der Waals surface area contributed by atoms with E-state index in [2.05, 4.69) is 5.32 Å². The molecule has 1 aromatic rings. The summed E-state index contributed by atoms with van der Waals surface area (Å²) in [6, 6.07) is 7.32. The van der Waals surface area contributed by atoms with Crippen LogP contribution in [0.25, 0.3) is 0 Å². The summed E-state index contributed by atoms with van der Waals surface area (Å²) in [5.41, 5.74) is 0.745. The minimum atomic E-state index is 0.0463. The second-order valence-corrected chi connectivity index (χ2v) is 4.31. The highest BCUT2D eigenvalue weighted by Gasteiger charge is 2.22. The number of amides is 1. The Morgan fingerprint density at radius 3 is 2.88 bits per heavy atom. The zero-order valence-electron chi connectivity index (χ0n) is 10.0. The van der Waals surface area contributed by atoms with E-state index < -0.39 is 0 Å². The van der Waals surface area contributed by atoms with Gasteiger partial charge in [-0.2, -0.15) is 0 Å². The Labute approximate surface area is 101 Å². The molecule has 0 bridgehead atoms. The van der Waals surface area contributed by atoms with Gasteiger partial charge in [0.2, 0.25) is 5.91 Å². The maximum Gasteiger partial charge on any atom is 0.240 e. The zero-order chi connectivity index (χ0) is 12.3. The maximum absolute atomic E-state index is 12.0. The molecule has 0 unspecified atom stereocenters. The van der Waals surface area contributed by atoms with E-state index in [-0.39, 0.29) is 11.7 Å². The van der Waals surface area contributed by atoms with Crippen molar-refractivity contribution in [3.63, 3.8) is 0 Å². The molecule has 4 nitrogen and oxygen atoms in total. The van der Waals surface area contributed by atoms with Crippen LogP contribution in [-0.2, 0) is 4.79 Å². The summed E-state index contributed by atoms with van der Waals surface area (Å²) < 4.78 is 0. The van der Waals surface area contributed by atoms with Gasteiger partial charge in [0.15, 0.2) is 0 Å². The molecule has 0 radical (unpaired) electrons. The lowest BCUT2D eigenvalue weighted by molar-refractivity contribution is -0.117. The molecule has 92 valence electrons. The Bertz CT molecular complexity index is 402. The molecule has 1 aliphatic carbocycles. The van der Waals surface area contributed by atoms with E-state index >= 15 is 0 Å². The van der Waals surface area contributed by atoms with Crippen LogP contribution in [0.2, 0.25) is 0 Å². The van der Waals surface area contributed by atoms with Gasteiger partial charge < -0.3 is 15.3 Å². The normalized spacial score (nSPS) is 14.6. The van der Waals surface area contributed by atoms with Gasteiger partial charge >= 0.3 is 0 Å². The SMILES string of the molecule is CCN(C(=O)CNC1CC1)c1cccc(O)c1. The van der Waals surface area contributed by atoms with Crippen LogP contribution in [0.15, 0.2) is 24.3 Å². The van der Waals surface area contributed by atoms with Crippen LogP contribution in [0.1, 0.15) is 19.8 Å². The number of anilines is 1. The van der Waals surface area contributed by atoms with Gasteiger partial charge in [0.1, 0.15) is 5.75 Å². The van der Waals surface area contributed by atoms with E-state index in [4.69, 9.17) is 0 Å². The molecule has 1 aliphatic rings. The van der Waals surface area contributed by atoms with Crippen LogP contribution < -0.4 is 10.2 Å². The van der Waals surface area contributed by atoms with E-state index in [0.717, 1.165) is 5.69 Å². The second kappa shape index (κ2) is 5.19. The fourth-order valence-electron chi connectivity index (χ4n) is 1.78. The average Bonchev–Trinajstić information content (AvgIpc) is 3.11. The maximum atomic E-state index is 12.0. The molecule has 0 aliphatic heterocycles. The molecule has 0 atom stereocenters. The monoisotopic (exact) mass is 234 g/mol. The Morgan fingerprint density at radius 2 is 2.29 bits per heavy atom. The Morgan fingerprint density at radius 1 is 1.53 bits per heavy atom. The lowest BCUT2D eigenvalue weighted by atomic mass is 10.2. The van der Waals surface area contributed by atoms with E-state index in [0.29, 0.717) is 19.1 Å². The number of carbonyl (C=O) groups excluding carboxylic acids is 1. The standard InChI is InChI=1S/C13H18N2O2/c1-2-15(11-4-3-5-12(16)8-11)13(17)9-14-10-6-7-10/h3-5,8,10,14,16H,2,6-7,9H2,1H3. The third-order valence-corrected chi connectivity index (χ3v) is 2.88. The minimum Gasteiger partial charge on any atom is -0.508 e. The van der Waals surface area contributed by atoms with Gasteiger partial charge in [-0.15, -0.1) is 0 Å². The Balaban J connectivity index is 2.00. The van der Waals surface area contributed by atoms with Crippen LogP contribution in [0.4, 0.5) is 5.69 Å². The molecular formula is C13H18N2O2. The van der Waals surface area contributed by atoms with Crippen molar-refractivity contribution in [2.24, 2.45) is 0 Å². The van der Waals surface area contributed by atoms with Gasteiger partial charge in [0.25, 0.3) is 0 Å². The number of nitrogens with zero attached hydrogens (tertiary/aromatic N) is 1. The summed E-state index contributed by atoms with van der Waals surface area (Å²) in [6.07, 6.45) is 2.34. The average molecular weight is 234 g/mol. The summed E-state index contributed by atoms with van der Waals surface area (Å²) in [7, 11) is 0. The fourth-order valence-corrected chi connectivity index (χ4v) is 1.78. The highest BCUT2D eigenvalue weighted by atomic mass is 16.3. The van der Waals surface area contributed by atoms with Crippen LogP contribution in [0.3, 0.4) is 0 Å². The van der Waals surface area contributed by atoms with Crippen molar-refractivity contribution >= 4 is 11.6 Å². The summed E-state index contributed by atoms with van der Waals surface area (Å²) >= 11 is 0. The first kappa shape index (κ1) is 11.9. The molecule has 1 aromatic carbocycles. The first-order valence-electron chi connectivity index (χ1n) is 6.03. The lowest BCUT2D eigenvalue weighted by Crippen LogP contribution is -2.38. The molecule has 0 heterocycles. The van der Waals surface area contributed by atoms with Crippen molar-refractivity contribution in [3.05, 3.63) is 24.3 Å². The van der Waals surface area contributed by atoms with E-state index in [1.165, 1.54) is 12.8 Å². The number of carbonyl (C=O) groups is 1. The van der Waals surface area contributed by atoms with Crippen molar-refractivity contribution in [2.75, 3.05) is 18.0 Å². The molecule has 17 heavy (non-hydrogen) atoms. The first-order chi connectivity index (χ1) is 8.20. The van der Waals surface area contributed by atoms with Crippen LogP contribution >= 0.6 is 0 Å². The van der Waals surface area contributed by atoms with Crippen LogP contribution in [0.5, 0.6) is 5.75 Å². The summed E-state index contributed by atoms with van der Waals surface area (Å²) in [5, 5.41) is 12.6. The third-order valence-electron chi connectivity index (χ3n) is 2.88. The van der Waals surface area contributed by atoms with Crippen molar-refractivity contribution in [1.29, 1.82) is 0 Å². The highest BCUT2D eigenvalue weighted by Crippen LogP contribution is 2.21. The number of hydrogen-bond donors (Lipinski definition) is 2. The third kappa shape index (κ3) is 3.20. The van der Waals surface area contributed by atoms with Crippen molar-refractivity contribution in [1.82, 2.24) is 5.32 Å². The van der Waals surface area contributed by atoms with E-state index in [9.17, 15) is 9.90 Å². The Hall–Kier alpha value is -1.55.